The molecule has 1 aromatic rings. The molecule has 0 fully saturated rings. The van der Waals surface area contributed by atoms with Gasteiger partial charge in [0.25, 0.3) is 5.91 Å². The minimum Gasteiger partial charge on any atom is -0.324 e. The lowest BCUT2D eigenvalue weighted by Gasteiger charge is -1.98. The van der Waals surface area contributed by atoms with E-state index in [2.05, 4.69) is 0 Å². The second-order valence-corrected chi connectivity index (χ2v) is 3.06. The minimum atomic E-state index is -0.609. The topological polar surface area (TPSA) is 92.4 Å². The number of hydrogen-bond acceptors (Lipinski definition) is 4. The highest BCUT2D eigenvalue weighted by molar-refractivity contribution is 5.97. The number of nitrogens with two attached hydrogens (primary N) is 1. The van der Waals surface area contributed by atoms with Crippen LogP contribution in [0.15, 0.2) is 30.3 Å². The van der Waals surface area contributed by atoms with Crippen LogP contribution in [0, 0.1) is 0 Å². The lowest BCUT2D eigenvalue weighted by Crippen LogP contribution is -2.14. The van der Waals surface area contributed by atoms with Crippen molar-refractivity contribution in [3.05, 3.63) is 41.5 Å². The number of amides is 1. The van der Waals surface area contributed by atoms with Crippen LogP contribution >= 0.6 is 0 Å². The maximum atomic E-state index is 11.2. The molecule has 1 amide bonds. The van der Waals surface area contributed by atoms with Crippen molar-refractivity contribution in [2.45, 2.75) is 0 Å². The molecule has 0 aliphatic carbocycles. The molecule has 5 nitrogen and oxygen atoms in total. The Bertz CT molecular complexity index is 410. The van der Waals surface area contributed by atoms with Crippen LogP contribution < -0.4 is 11.2 Å². The van der Waals surface area contributed by atoms with Crippen LogP contribution in [0.3, 0.4) is 0 Å². The molecule has 0 unspecified atom stereocenters. The third-order valence-corrected chi connectivity index (χ3v) is 1.96. The van der Waals surface area contributed by atoms with E-state index in [4.69, 9.17) is 10.9 Å². The average Bonchev–Trinajstić information content (AvgIpc) is 2.35. The molecule has 0 aliphatic heterocycles. The first-order valence-corrected chi connectivity index (χ1v) is 4.63. The fourth-order valence-corrected chi connectivity index (χ4v) is 1.11. The predicted molar refractivity (Wildman–Crippen MR) is 58.8 cm³/mol. The first-order valence-electron chi connectivity index (χ1n) is 4.63. The molecule has 0 atom stereocenters. The Balaban J connectivity index is 2.75. The number of ketones is 1. The van der Waals surface area contributed by atoms with E-state index < -0.39 is 5.91 Å². The first kappa shape index (κ1) is 12.1. The molecule has 0 radical (unpaired) electrons. The second-order valence-electron chi connectivity index (χ2n) is 3.06. The average molecular weight is 220 g/mol. The summed E-state index contributed by atoms with van der Waals surface area (Å²) in [7, 11) is 0. The van der Waals surface area contributed by atoms with Crippen molar-refractivity contribution < 1.29 is 14.8 Å². The van der Waals surface area contributed by atoms with Gasteiger partial charge in [0, 0.05) is 11.6 Å². The van der Waals surface area contributed by atoms with E-state index in [0.717, 1.165) is 5.56 Å². The van der Waals surface area contributed by atoms with Crippen LogP contribution in [0.2, 0.25) is 0 Å². The summed E-state index contributed by atoms with van der Waals surface area (Å²) in [5, 5.41) is 8.25. The molecule has 1 rings (SSSR count). The normalized spacial score (nSPS) is 10.4. The van der Waals surface area contributed by atoms with Gasteiger partial charge in [0.15, 0.2) is 5.78 Å². The van der Waals surface area contributed by atoms with E-state index in [1.165, 1.54) is 17.6 Å². The van der Waals surface area contributed by atoms with Crippen LogP contribution in [0.4, 0.5) is 0 Å². The smallest absolute Gasteiger partial charge is 0.267 e. The summed E-state index contributed by atoms with van der Waals surface area (Å²) in [5.74, 6) is -0.745. The molecule has 84 valence electrons. The van der Waals surface area contributed by atoms with Gasteiger partial charge < -0.3 is 5.73 Å². The van der Waals surface area contributed by atoms with E-state index in [-0.39, 0.29) is 12.3 Å². The summed E-state index contributed by atoms with van der Waals surface area (Å²) in [5.41, 5.74) is 7.97. The highest BCUT2D eigenvalue weighted by atomic mass is 16.5. The summed E-state index contributed by atoms with van der Waals surface area (Å²) in [6.07, 6.45) is 2.70. The van der Waals surface area contributed by atoms with Crippen molar-refractivity contribution in [3.8, 4) is 0 Å². The minimum absolute atomic E-state index is 0.0257. The van der Waals surface area contributed by atoms with Gasteiger partial charge in [0.05, 0.1) is 6.54 Å². The summed E-state index contributed by atoms with van der Waals surface area (Å²) in [6, 6.07) is 6.63. The molecule has 4 N–H and O–H groups in total. The number of rotatable bonds is 4. The SMILES string of the molecule is NCC(=O)c1ccc(/C=C/C(=O)NO)cc1. The fraction of sp³-hybridized carbons (Fsp3) is 0.0909. The summed E-state index contributed by atoms with van der Waals surface area (Å²) in [6.45, 7) is -0.0257. The lowest BCUT2D eigenvalue weighted by atomic mass is 10.1. The number of nitrogens with one attached hydrogen (secondary N) is 1. The van der Waals surface area contributed by atoms with Crippen molar-refractivity contribution in [1.29, 1.82) is 0 Å². The van der Waals surface area contributed by atoms with Gasteiger partial charge in [0.1, 0.15) is 0 Å². The molecule has 0 aliphatic rings. The van der Waals surface area contributed by atoms with Crippen molar-refractivity contribution in [3.63, 3.8) is 0 Å². The molecular weight excluding hydrogens is 208 g/mol. The van der Waals surface area contributed by atoms with Crippen molar-refractivity contribution in [1.82, 2.24) is 5.48 Å². The molecule has 0 spiro atoms. The van der Waals surface area contributed by atoms with Crippen LogP contribution in [-0.2, 0) is 4.79 Å². The molecule has 0 bridgehead atoms. The number of hydrogen-bond donors (Lipinski definition) is 3. The number of hydroxylamine groups is 1. The van der Waals surface area contributed by atoms with E-state index in [1.54, 1.807) is 24.3 Å². The largest absolute Gasteiger partial charge is 0.324 e. The number of Topliss-reactive ketones (excluding diaryl/α,β-unsaturated/α-hetero) is 1. The van der Waals surface area contributed by atoms with Gasteiger partial charge in [-0.15, -0.1) is 0 Å². The van der Waals surface area contributed by atoms with E-state index in [9.17, 15) is 9.59 Å². The monoisotopic (exact) mass is 220 g/mol. The van der Waals surface area contributed by atoms with Crippen molar-refractivity contribution in [2.24, 2.45) is 5.73 Å². The molecule has 16 heavy (non-hydrogen) atoms. The van der Waals surface area contributed by atoms with Gasteiger partial charge >= 0.3 is 0 Å². The van der Waals surface area contributed by atoms with Gasteiger partial charge in [-0.25, -0.2) is 5.48 Å². The number of carbonyl (C=O) groups is 2. The zero-order chi connectivity index (χ0) is 12.0. The first-order chi connectivity index (χ1) is 7.67. The number of carbonyl (C=O) groups excluding carboxylic acids is 2. The van der Waals surface area contributed by atoms with Gasteiger partial charge in [-0.3, -0.25) is 14.8 Å². The maximum Gasteiger partial charge on any atom is 0.267 e. The Morgan fingerprint density at radius 3 is 2.44 bits per heavy atom. The highest BCUT2D eigenvalue weighted by Gasteiger charge is 2.01. The number of benzene rings is 1. The zero-order valence-electron chi connectivity index (χ0n) is 8.51. The third-order valence-electron chi connectivity index (χ3n) is 1.96. The van der Waals surface area contributed by atoms with Gasteiger partial charge in [-0.1, -0.05) is 24.3 Å². The summed E-state index contributed by atoms with van der Waals surface area (Å²) in [4.78, 5) is 21.9. The van der Waals surface area contributed by atoms with Crippen LogP contribution in [-0.4, -0.2) is 23.4 Å². The molecule has 0 saturated heterocycles. The molecule has 0 heterocycles. The van der Waals surface area contributed by atoms with Gasteiger partial charge in [0.2, 0.25) is 0 Å². The molecular formula is C11H12N2O3. The van der Waals surface area contributed by atoms with Crippen LogP contribution in [0.25, 0.3) is 6.08 Å². The standard InChI is InChI=1S/C11H12N2O3/c12-7-10(14)9-4-1-8(2-5-9)3-6-11(15)13-16/h1-6,16H,7,12H2,(H,13,15)/b6-3+. The Hall–Kier alpha value is -1.98. The van der Waals surface area contributed by atoms with Crippen molar-refractivity contribution >= 4 is 17.8 Å². The van der Waals surface area contributed by atoms with Crippen LogP contribution in [0.1, 0.15) is 15.9 Å². The molecule has 5 heteroatoms. The van der Waals surface area contributed by atoms with Gasteiger partial charge in [-0.05, 0) is 11.6 Å². The van der Waals surface area contributed by atoms with Gasteiger partial charge in [-0.2, -0.15) is 0 Å². The van der Waals surface area contributed by atoms with E-state index >= 15 is 0 Å². The van der Waals surface area contributed by atoms with Crippen LogP contribution in [0.5, 0.6) is 0 Å². The van der Waals surface area contributed by atoms with E-state index in [0.29, 0.717) is 5.56 Å². The summed E-state index contributed by atoms with van der Waals surface area (Å²) >= 11 is 0. The zero-order valence-corrected chi connectivity index (χ0v) is 8.51. The molecule has 0 aromatic heterocycles. The Morgan fingerprint density at radius 2 is 1.94 bits per heavy atom. The summed E-state index contributed by atoms with van der Waals surface area (Å²) < 4.78 is 0. The fourth-order valence-electron chi connectivity index (χ4n) is 1.11. The quantitative estimate of drug-likeness (QED) is 0.295. The van der Waals surface area contributed by atoms with Crippen molar-refractivity contribution in [2.75, 3.05) is 6.54 Å². The maximum absolute atomic E-state index is 11.2. The third kappa shape index (κ3) is 3.30. The van der Waals surface area contributed by atoms with E-state index in [1.807, 2.05) is 0 Å². The molecule has 1 aromatic carbocycles. The second kappa shape index (κ2) is 5.79. The Morgan fingerprint density at radius 1 is 1.31 bits per heavy atom. The Labute approximate surface area is 92.5 Å². The molecule has 0 saturated carbocycles. The predicted octanol–water partition coefficient (Wildman–Crippen LogP) is 0.347. The Kier molecular flexibility index (Phi) is 4.38. The lowest BCUT2D eigenvalue weighted by molar-refractivity contribution is -0.124. The highest BCUT2D eigenvalue weighted by Crippen LogP contribution is 2.06.